The van der Waals surface area contributed by atoms with E-state index >= 15 is 0 Å². The summed E-state index contributed by atoms with van der Waals surface area (Å²) in [6.45, 7) is 13.0. The Hall–Kier alpha value is -1.51. The molecule has 2 aromatic rings. The van der Waals surface area contributed by atoms with Crippen LogP contribution < -0.4 is 5.73 Å². The summed E-state index contributed by atoms with van der Waals surface area (Å²) in [5, 5.41) is -1.47. The molecule has 156 valence electrons. The number of hydrogen-bond donors (Lipinski definition) is 3. The fourth-order valence-electron chi connectivity index (χ4n) is 3.44. The average molecular weight is 432 g/mol. The largest absolute Gasteiger partial charge is 0.368 e. The topological polar surface area (TPSA) is 136 Å². The molecule has 0 radical (unpaired) electrons. The van der Waals surface area contributed by atoms with Crippen LogP contribution in [0.2, 0.25) is 5.15 Å². The lowest BCUT2D eigenvalue weighted by molar-refractivity contribution is -0.0871. The Morgan fingerprint density at radius 3 is 2.39 bits per heavy atom. The second kappa shape index (κ2) is 8.08. The molecule has 0 saturated heterocycles. The molecule has 9 nitrogen and oxygen atoms in total. The second-order valence-electron chi connectivity index (χ2n) is 7.44. The van der Waals surface area contributed by atoms with Crippen LogP contribution in [-0.2, 0) is 15.8 Å². The van der Waals surface area contributed by atoms with Gasteiger partial charge in [0, 0.05) is 6.54 Å². The molecule has 1 atom stereocenters. The van der Waals surface area contributed by atoms with Gasteiger partial charge in [0.1, 0.15) is 5.52 Å². The number of nitrogens with two attached hydrogens (primary N) is 1. The zero-order chi connectivity index (χ0) is 21.4. The van der Waals surface area contributed by atoms with Crippen LogP contribution >= 0.6 is 19.2 Å². The number of nitrogens with zero attached hydrogens (tertiary/aromatic N) is 4. The molecule has 2 aromatic heterocycles. The van der Waals surface area contributed by atoms with Gasteiger partial charge in [-0.3, -0.25) is 4.57 Å². The first kappa shape index (κ1) is 22.8. The zero-order valence-electron chi connectivity index (χ0n) is 16.6. The van der Waals surface area contributed by atoms with E-state index in [-0.39, 0.29) is 17.6 Å². The summed E-state index contributed by atoms with van der Waals surface area (Å²) in [7, 11) is -4.57. The Labute approximate surface area is 169 Å². The third-order valence-corrected chi connectivity index (χ3v) is 7.17. The summed E-state index contributed by atoms with van der Waals surface area (Å²) < 4.78 is 20.0. The Balaban J connectivity index is 2.31. The fraction of sp³-hybridized carbons (Fsp3) is 0.588. The van der Waals surface area contributed by atoms with Crippen molar-refractivity contribution in [1.82, 2.24) is 19.5 Å². The van der Waals surface area contributed by atoms with Crippen molar-refractivity contribution in [1.29, 1.82) is 0 Å². The fourth-order valence-corrected chi connectivity index (χ4v) is 5.30. The molecule has 0 unspecified atom stereocenters. The molecule has 4 N–H and O–H groups in total. The van der Waals surface area contributed by atoms with E-state index in [2.05, 4.69) is 21.5 Å². The van der Waals surface area contributed by atoms with Crippen molar-refractivity contribution in [2.45, 2.75) is 52.6 Å². The minimum absolute atomic E-state index is 0.0225. The van der Waals surface area contributed by atoms with E-state index in [0.29, 0.717) is 16.7 Å². The van der Waals surface area contributed by atoms with Crippen molar-refractivity contribution in [3.8, 4) is 0 Å². The lowest BCUT2D eigenvalue weighted by Crippen LogP contribution is -2.46. The molecule has 0 aliphatic carbocycles. The quantitative estimate of drug-likeness (QED) is 0.329. The third-order valence-electron chi connectivity index (χ3n) is 4.86. The maximum Gasteiger partial charge on any atom is 0.357 e. The highest BCUT2D eigenvalue weighted by atomic mass is 35.5. The lowest BCUT2D eigenvalue weighted by atomic mass is 9.94. The molecule has 0 aromatic carbocycles. The van der Waals surface area contributed by atoms with Gasteiger partial charge in [-0.15, -0.1) is 0 Å². The van der Waals surface area contributed by atoms with E-state index in [1.165, 1.54) is 6.33 Å². The normalized spacial score (nSPS) is 14.2. The van der Waals surface area contributed by atoms with E-state index in [1.807, 2.05) is 0 Å². The Bertz CT molecular complexity index is 916. The number of hydrogen-bond acceptors (Lipinski definition) is 6. The van der Waals surface area contributed by atoms with E-state index in [4.69, 9.17) is 22.1 Å². The number of imidazole rings is 1. The first-order valence-electron chi connectivity index (χ1n) is 8.86. The number of anilines is 1. The van der Waals surface area contributed by atoms with Crippen molar-refractivity contribution in [3.05, 3.63) is 23.6 Å². The van der Waals surface area contributed by atoms with Gasteiger partial charge in [0.15, 0.2) is 16.1 Å². The van der Waals surface area contributed by atoms with E-state index in [0.717, 1.165) is 0 Å². The molecular weight excluding hydrogens is 405 g/mol. The number of nitrogen functional groups attached to an aromatic ring is 1. The van der Waals surface area contributed by atoms with Crippen LogP contribution in [0.1, 0.15) is 34.6 Å². The number of rotatable bonds is 8. The number of aromatic nitrogens is 4. The van der Waals surface area contributed by atoms with Crippen LogP contribution in [0.15, 0.2) is 18.5 Å². The predicted octanol–water partition coefficient (Wildman–Crippen LogP) is 3.21. The van der Waals surface area contributed by atoms with Gasteiger partial charge in [-0.1, -0.05) is 45.9 Å². The first-order chi connectivity index (χ1) is 12.8. The maximum absolute atomic E-state index is 12.3. The molecule has 2 rings (SSSR count). The monoisotopic (exact) mass is 431 g/mol. The van der Waals surface area contributed by atoms with Gasteiger partial charge < -0.3 is 24.8 Å². The summed E-state index contributed by atoms with van der Waals surface area (Å²) in [6.07, 6.45) is 0.897. The van der Waals surface area contributed by atoms with Gasteiger partial charge in [-0.05, 0) is 24.3 Å². The van der Waals surface area contributed by atoms with Crippen LogP contribution in [0.5, 0.6) is 0 Å². The lowest BCUT2D eigenvalue weighted by Gasteiger charge is -2.43. The molecule has 0 fully saturated rings. The minimum atomic E-state index is -4.57. The van der Waals surface area contributed by atoms with Crippen LogP contribution in [-0.4, -0.2) is 40.8 Å². The van der Waals surface area contributed by atoms with Crippen LogP contribution in [0.3, 0.4) is 0 Å². The molecule has 0 amide bonds. The number of halogens is 1. The molecule has 0 saturated carbocycles. The highest BCUT2D eigenvalue weighted by Gasteiger charge is 2.54. The smallest absolute Gasteiger partial charge is 0.357 e. The first-order valence-corrected chi connectivity index (χ1v) is 10.8. The Morgan fingerprint density at radius 1 is 1.32 bits per heavy atom. The molecule has 11 heteroatoms. The van der Waals surface area contributed by atoms with Crippen LogP contribution in [0, 0.1) is 11.8 Å². The standard InChI is InChI=1S/C17H27ClN5O4P/c1-9(2)17(10(3)4,28(24,25)26)27-12(6)11(5)7-23-8-20-13-14(18)21-16(19)22-15(13)23/h8-10,12H,5,7H2,1-4,6H3,(H2,19,21,22)(H2,24,25,26)/t12-/m0/s1. The minimum Gasteiger partial charge on any atom is -0.368 e. The summed E-state index contributed by atoms with van der Waals surface area (Å²) in [5.41, 5.74) is 7.10. The molecule has 0 aliphatic rings. The predicted molar refractivity (Wildman–Crippen MR) is 109 cm³/mol. The van der Waals surface area contributed by atoms with Gasteiger partial charge in [-0.25, -0.2) is 4.98 Å². The van der Waals surface area contributed by atoms with Gasteiger partial charge in [0.25, 0.3) is 0 Å². The molecule has 28 heavy (non-hydrogen) atoms. The molecule has 0 spiro atoms. The molecule has 0 aliphatic heterocycles. The van der Waals surface area contributed by atoms with E-state index in [9.17, 15) is 14.4 Å². The second-order valence-corrected chi connectivity index (χ2v) is 9.59. The average Bonchev–Trinajstić information content (AvgIpc) is 2.93. The van der Waals surface area contributed by atoms with Crippen molar-refractivity contribution < 1.29 is 19.1 Å². The summed E-state index contributed by atoms with van der Waals surface area (Å²) >= 11 is 6.04. The highest BCUT2D eigenvalue weighted by molar-refractivity contribution is 7.53. The van der Waals surface area contributed by atoms with Crippen molar-refractivity contribution in [3.63, 3.8) is 0 Å². The molecule has 0 bridgehead atoms. The van der Waals surface area contributed by atoms with Gasteiger partial charge in [0.05, 0.1) is 12.4 Å². The van der Waals surface area contributed by atoms with Gasteiger partial charge in [-0.2, -0.15) is 9.97 Å². The van der Waals surface area contributed by atoms with Crippen LogP contribution in [0.4, 0.5) is 5.95 Å². The Morgan fingerprint density at radius 2 is 1.89 bits per heavy atom. The number of fused-ring (bicyclic) bond motifs is 1. The van der Waals surface area contributed by atoms with Crippen molar-refractivity contribution in [2.75, 3.05) is 5.73 Å². The van der Waals surface area contributed by atoms with Gasteiger partial charge >= 0.3 is 7.60 Å². The highest BCUT2D eigenvalue weighted by Crippen LogP contribution is 2.59. The van der Waals surface area contributed by atoms with Crippen molar-refractivity contribution in [2.24, 2.45) is 11.8 Å². The zero-order valence-corrected chi connectivity index (χ0v) is 18.3. The summed E-state index contributed by atoms with van der Waals surface area (Å²) in [5.74, 6) is -0.803. The van der Waals surface area contributed by atoms with Crippen molar-refractivity contribution >= 4 is 36.3 Å². The number of ether oxygens (including phenoxy) is 1. The maximum atomic E-state index is 12.3. The Kier molecular flexibility index (Phi) is 6.57. The summed E-state index contributed by atoms with van der Waals surface area (Å²) in [4.78, 5) is 32.3. The van der Waals surface area contributed by atoms with E-state index < -0.39 is 30.9 Å². The SMILES string of the molecule is C=C(Cn1cnc2c(Cl)nc(N)nc21)[C@H](C)OC(C(C)C)(C(C)C)P(=O)(O)O. The third kappa shape index (κ3) is 4.09. The molecular formula is C17H27ClN5O4P. The van der Waals surface area contributed by atoms with Crippen LogP contribution in [0.25, 0.3) is 11.2 Å². The van der Waals surface area contributed by atoms with Gasteiger partial charge in [0.2, 0.25) is 5.95 Å². The van der Waals surface area contributed by atoms with E-state index in [1.54, 1.807) is 39.2 Å². The summed E-state index contributed by atoms with van der Waals surface area (Å²) in [6, 6.07) is 0. The molecule has 2 heterocycles.